The van der Waals surface area contributed by atoms with Gasteiger partial charge in [-0.05, 0) is 85.2 Å². The van der Waals surface area contributed by atoms with E-state index in [2.05, 4.69) is 33.7 Å². The fourth-order valence-corrected chi connectivity index (χ4v) is 5.12. The van der Waals surface area contributed by atoms with Crippen LogP contribution < -0.4 is 11.0 Å². The number of nitriles is 1. The number of benzene rings is 1. The van der Waals surface area contributed by atoms with Gasteiger partial charge in [0.1, 0.15) is 12.1 Å². The Labute approximate surface area is 225 Å². The second-order valence-electron chi connectivity index (χ2n) is 10.7. The summed E-state index contributed by atoms with van der Waals surface area (Å²) in [6.07, 6.45) is 10.2. The van der Waals surface area contributed by atoms with Gasteiger partial charge in [-0.25, -0.2) is 9.78 Å². The van der Waals surface area contributed by atoms with Gasteiger partial charge in [-0.1, -0.05) is 12.1 Å². The second kappa shape index (κ2) is 9.33. The van der Waals surface area contributed by atoms with E-state index in [9.17, 15) is 10.1 Å². The van der Waals surface area contributed by atoms with Crippen molar-refractivity contribution < 1.29 is 0 Å². The lowest BCUT2D eigenvalue weighted by molar-refractivity contribution is 0.637. The maximum Gasteiger partial charge on any atom is 0.338 e. The van der Waals surface area contributed by atoms with E-state index >= 15 is 0 Å². The van der Waals surface area contributed by atoms with Gasteiger partial charge in [0, 0.05) is 43.2 Å². The Morgan fingerprint density at radius 2 is 1.92 bits per heavy atom. The molecule has 4 aromatic heterocycles. The second-order valence-corrected chi connectivity index (χ2v) is 10.7. The number of fused-ring (bicyclic) bond motifs is 1. The van der Waals surface area contributed by atoms with E-state index in [-0.39, 0.29) is 5.69 Å². The zero-order valence-corrected chi connectivity index (χ0v) is 21.7. The molecule has 0 bridgehead atoms. The van der Waals surface area contributed by atoms with Gasteiger partial charge in [-0.3, -0.25) is 8.97 Å². The molecular weight excluding hydrogens is 488 g/mol. The van der Waals surface area contributed by atoms with E-state index in [0.717, 1.165) is 65.3 Å². The van der Waals surface area contributed by atoms with E-state index in [4.69, 9.17) is 4.98 Å². The molecule has 1 N–H and O–H groups in total. The lowest BCUT2D eigenvalue weighted by Crippen LogP contribution is -2.21. The third kappa shape index (κ3) is 4.53. The zero-order valence-electron chi connectivity index (χ0n) is 21.7. The molecule has 2 saturated carbocycles. The molecule has 39 heavy (non-hydrogen) atoms. The first-order valence-electron chi connectivity index (χ1n) is 13.4. The number of imidazole rings is 1. The van der Waals surface area contributed by atoms with Crippen molar-refractivity contribution in [2.75, 3.05) is 6.54 Å². The number of pyridine rings is 2. The molecule has 2 fully saturated rings. The zero-order chi connectivity index (χ0) is 26.5. The number of aromatic nitrogens is 6. The summed E-state index contributed by atoms with van der Waals surface area (Å²) < 4.78 is 5.18. The Bertz CT molecular complexity index is 1810. The first-order chi connectivity index (χ1) is 19.1. The van der Waals surface area contributed by atoms with Gasteiger partial charge in [0.25, 0.3) is 0 Å². The molecule has 5 aromatic rings. The highest BCUT2D eigenvalue weighted by atomic mass is 16.1. The van der Waals surface area contributed by atoms with E-state index in [1.165, 1.54) is 12.8 Å². The number of aryl methyl sites for hydroxylation is 1. The highest BCUT2D eigenvalue weighted by Gasteiger charge is 2.27. The molecule has 2 aliphatic carbocycles. The maximum absolute atomic E-state index is 13.6. The predicted molar refractivity (Wildman–Crippen MR) is 147 cm³/mol. The van der Waals surface area contributed by atoms with Gasteiger partial charge in [0.15, 0.2) is 5.82 Å². The average molecular weight is 517 g/mol. The Morgan fingerprint density at radius 3 is 2.67 bits per heavy atom. The fourth-order valence-electron chi connectivity index (χ4n) is 5.12. The van der Waals surface area contributed by atoms with Crippen molar-refractivity contribution in [2.24, 2.45) is 13.0 Å². The first kappa shape index (κ1) is 23.6. The minimum Gasteiger partial charge on any atom is -0.317 e. The van der Waals surface area contributed by atoms with Gasteiger partial charge < -0.3 is 9.88 Å². The molecule has 0 aliphatic heterocycles. The highest BCUT2D eigenvalue weighted by molar-refractivity contribution is 5.82. The average Bonchev–Trinajstić information content (AvgIpc) is 3.89. The molecule has 7 rings (SSSR count). The molecule has 0 radical (unpaired) electrons. The van der Waals surface area contributed by atoms with E-state index in [1.54, 1.807) is 15.3 Å². The monoisotopic (exact) mass is 516 g/mol. The van der Waals surface area contributed by atoms with Gasteiger partial charge in [-0.15, -0.1) is 10.2 Å². The smallest absolute Gasteiger partial charge is 0.317 e. The standard InChI is InChI=1S/C30H28N8O/c1-36-18-33-35-29(36)26-10-20(13-31)5-9-25(26)23-11-27(22-6-7-22)34-28(12-23)38-17-24-8-4-21(16-37(24)30(38)39)15-32-14-19-2-3-19/h4-5,8-12,16-19,22,32H,2-3,6-7,14-15H2,1H3. The van der Waals surface area contributed by atoms with Crippen LogP contribution in [0.1, 0.15) is 48.4 Å². The molecular formula is C30H28N8O. The Balaban J connectivity index is 1.33. The Hall–Kier alpha value is -4.55. The summed E-state index contributed by atoms with van der Waals surface area (Å²) >= 11 is 0. The van der Waals surface area contributed by atoms with Crippen LogP contribution in [-0.2, 0) is 13.6 Å². The predicted octanol–water partition coefficient (Wildman–Crippen LogP) is 4.20. The number of hydrogen-bond donors (Lipinski definition) is 1. The highest BCUT2D eigenvalue weighted by Crippen LogP contribution is 2.42. The van der Waals surface area contributed by atoms with Crippen LogP contribution >= 0.6 is 0 Å². The van der Waals surface area contributed by atoms with Crippen LogP contribution in [0.3, 0.4) is 0 Å². The minimum absolute atomic E-state index is 0.145. The van der Waals surface area contributed by atoms with Crippen molar-refractivity contribution in [3.63, 3.8) is 0 Å². The Kier molecular flexibility index (Phi) is 5.63. The largest absolute Gasteiger partial charge is 0.338 e. The number of nitrogens with zero attached hydrogens (tertiary/aromatic N) is 7. The lowest BCUT2D eigenvalue weighted by atomic mass is 9.96. The van der Waals surface area contributed by atoms with Crippen LogP contribution in [-0.4, -0.2) is 35.3 Å². The summed E-state index contributed by atoms with van der Waals surface area (Å²) in [6.45, 7) is 1.77. The van der Waals surface area contributed by atoms with Crippen LogP contribution in [0.5, 0.6) is 0 Å². The summed E-state index contributed by atoms with van der Waals surface area (Å²) in [5.41, 5.74) is 5.93. The van der Waals surface area contributed by atoms with Crippen molar-refractivity contribution in [1.29, 1.82) is 5.26 Å². The topological polar surface area (TPSA) is 106 Å². The van der Waals surface area contributed by atoms with Crippen molar-refractivity contribution >= 4 is 5.52 Å². The van der Waals surface area contributed by atoms with Gasteiger partial charge >= 0.3 is 5.69 Å². The quantitative estimate of drug-likeness (QED) is 0.331. The molecule has 0 amide bonds. The normalized spacial score (nSPS) is 15.1. The van der Waals surface area contributed by atoms with Crippen LogP contribution in [0.25, 0.3) is 33.8 Å². The van der Waals surface area contributed by atoms with Crippen molar-refractivity contribution in [1.82, 2.24) is 34.0 Å². The lowest BCUT2D eigenvalue weighted by Gasteiger charge is -2.13. The van der Waals surface area contributed by atoms with Crippen LogP contribution in [0.2, 0.25) is 0 Å². The number of hydrogen-bond acceptors (Lipinski definition) is 6. The Morgan fingerprint density at radius 1 is 1.05 bits per heavy atom. The molecule has 0 atom stereocenters. The van der Waals surface area contributed by atoms with Crippen molar-refractivity contribution in [2.45, 2.75) is 38.1 Å². The molecule has 0 spiro atoms. The molecule has 2 aliphatic rings. The van der Waals surface area contributed by atoms with Crippen LogP contribution in [0, 0.1) is 17.2 Å². The number of nitrogens with one attached hydrogen (secondary N) is 1. The fraction of sp³-hybridized carbons (Fsp3) is 0.300. The summed E-state index contributed by atoms with van der Waals surface area (Å²) in [5.74, 6) is 2.45. The van der Waals surface area contributed by atoms with Crippen LogP contribution in [0.4, 0.5) is 0 Å². The van der Waals surface area contributed by atoms with Gasteiger partial charge in [0.2, 0.25) is 0 Å². The third-order valence-corrected chi connectivity index (χ3v) is 7.66. The maximum atomic E-state index is 13.6. The summed E-state index contributed by atoms with van der Waals surface area (Å²) in [5, 5.41) is 21.4. The van der Waals surface area contributed by atoms with Crippen molar-refractivity contribution in [3.05, 3.63) is 88.5 Å². The van der Waals surface area contributed by atoms with E-state index in [1.807, 2.05) is 54.3 Å². The molecule has 9 heteroatoms. The molecule has 0 saturated heterocycles. The summed E-state index contributed by atoms with van der Waals surface area (Å²) in [6, 6.07) is 15.9. The van der Waals surface area contributed by atoms with E-state index in [0.29, 0.717) is 23.1 Å². The van der Waals surface area contributed by atoms with E-state index < -0.39 is 0 Å². The summed E-state index contributed by atoms with van der Waals surface area (Å²) in [7, 11) is 1.88. The first-order valence-corrected chi connectivity index (χ1v) is 13.4. The minimum atomic E-state index is -0.145. The van der Waals surface area contributed by atoms with Gasteiger partial charge in [0.05, 0.1) is 17.1 Å². The molecule has 9 nitrogen and oxygen atoms in total. The molecule has 194 valence electrons. The number of rotatable bonds is 8. The summed E-state index contributed by atoms with van der Waals surface area (Å²) in [4.78, 5) is 18.5. The molecule has 4 heterocycles. The van der Waals surface area contributed by atoms with Gasteiger partial charge in [-0.2, -0.15) is 5.26 Å². The van der Waals surface area contributed by atoms with Crippen molar-refractivity contribution in [3.8, 4) is 34.4 Å². The third-order valence-electron chi connectivity index (χ3n) is 7.66. The SMILES string of the molecule is Cn1cnnc1-c1cc(C#N)ccc1-c1cc(C2CC2)nc(-n2cc3ccc(CNCC4CC4)cn3c2=O)c1. The molecule has 0 unspecified atom stereocenters. The van der Waals surface area contributed by atoms with Crippen LogP contribution in [0.15, 0.2) is 66.0 Å². The molecule has 1 aromatic carbocycles.